The minimum atomic E-state index is -1.03. The highest BCUT2D eigenvalue weighted by Gasteiger charge is 2.76. The van der Waals surface area contributed by atoms with Gasteiger partial charge in [-0.1, -0.05) is 27.7 Å². The van der Waals surface area contributed by atoms with Gasteiger partial charge >= 0.3 is 0 Å². The van der Waals surface area contributed by atoms with Crippen LogP contribution in [0.15, 0.2) is 0 Å². The summed E-state index contributed by atoms with van der Waals surface area (Å²) in [6, 6.07) is 0. The second kappa shape index (κ2) is 8.43. The Hall–Kier alpha value is -0.160. The van der Waals surface area contributed by atoms with Crippen molar-refractivity contribution < 1.29 is 20.1 Å². The Bertz CT molecular complexity index is 757. The second-order valence-corrected chi connectivity index (χ2v) is 14.7. The Balaban J connectivity index is 1.57. The molecule has 1 aliphatic heterocycles. The monoisotopic (exact) mass is 478 g/mol. The Morgan fingerprint density at radius 1 is 0.941 bits per heavy atom. The van der Waals surface area contributed by atoms with Crippen LogP contribution in [0, 0.1) is 39.9 Å². The van der Waals surface area contributed by atoms with Crippen molar-refractivity contribution in [3.05, 3.63) is 0 Å². The molecule has 34 heavy (non-hydrogen) atoms. The van der Waals surface area contributed by atoms with Gasteiger partial charge in [-0.3, -0.25) is 0 Å². The van der Waals surface area contributed by atoms with Crippen molar-refractivity contribution in [1.29, 1.82) is 0 Å². The van der Waals surface area contributed by atoms with Crippen LogP contribution >= 0.6 is 0 Å². The van der Waals surface area contributed by atoms with E-state index in [-0.39, 0.29) is 23.2 Å². The fourth-order valence-electron chi connectivity index (χ4n) is 10.1. The highest BCUT2D eigenvalue weighted by Crippen LogP contribution is 2.77. The minimum Gasteiger partial charge on any atom is -0.396 e. The van der Waals surface area contributed by atoms with Gasteiger partial charge in [0.2, 0.25) is 0 Å². The van der Waals surface area contributed by atoms with Gasteiger partial charge in [-0.15, -0.1) is 0 Å². The summed E-state index contributed by atoms with van der Waals surface area (Å²) in [4.78, 5) is 0. The lowest BCUT2D eigenvalue weighted by Gasteiger charge is -2.65. The number of hydrogen-bond donors (Lipinski definition) is 3. The molecule has 0 unspecified atom stereocenters. The summed E-state index contributed by atoms with van der Waals surface area (Å²) < 4.78 is 6.54. The van der Waals surface area contributed by atoms with Crippen molar-refractivity contribution in [2.45, 2.75) is 143 Å². The zero-order chi connectivity index (χ0) is 25.4. The van der Waals surface area contributed by atoms with Gasteiger partial charge in [-0.2, -0.15) is 0 Å². The smallest absolute Gasteiger partial charge is 0.101 e. The molecule has 4 heteroatoms. The first-order valence-electron chi connectivity index (χ1n) is 14.3. The third-order valence-electron chi connectivity index (χ3n) is 12.5. The van der Waals surface area contributed by atoms with Crippen LogP contribution in [0.4, 0.5) is 0 Å². The van der Waals surface area contributed by atoms with E-state index in [1.165, 1.54) is 38.5 Å². The molecule has 4 aliphatic rings. The Kier molecular flexibility index (Phi) is 6.67. The fourth-order valence-corrected chi connectivity index (χ4v) is 10.1. The van der Waals surface area contributed by atoms with Crippen molar-refractivity contribution in [2.24, 2.45) is 39.9 Å². The third-order valence-corrected chi connectivity index (χ3v) is 12.5. The molecule has 3 N–H and O–H groups in total. The number of aliphatic hydroxyl groups is 3. The number of ether oxygens (including phenoxy) is 1. The van der Waals surface area contributed by atoms with Crippen molar-refractivity contribution in [3.63, 3.8) is 0 Å². The molecule has 9 atom stereocenters. The SMILES string of the molecule is C[C@@H](CC[C@@H](O)C(C)(C)O)[C@@H]1CC[C@]2(C)[C@H]3CC[C@]4(OC4(C)C)[C@@H](CCCO)[C@]3(C)CC[C@@]12C. The van der Waals surface area contributed by atoms with Gasteiger partial charge in [-0.25, -0.2) is 0 Å². The third kappa shape index (κ3) is 3.75. The van der Waals surface area contributed by atoms with Gasteiger partial charge in [-0.05, 0) is 132 Å². The molecule has 198 valence electrons. The maximum absolute atomic E-state index is 10.4. The van der Waals surface area contributed by atoms with E-state index in [2.05, 4.69) is 41.5 Å². The molecular weight excluding hydrogens is 424 g/mol. The van der Waals surface area contributed by atoms with E-state index in [1.54, 1.807) is 13.8 Å². The summed E-state index contributed by atoms with van der Waals surface area (Å²) in [7, 11) is 0. The Morgan fingerprint density at radius 3 is 2.15 bits per heavy atom. The van der Waals surface area contributed by atoms with E-state index in [4.69, 9.17) is 4.74 Å². The topological polar surface area (TPSA) is 73.2 Å². The van der Waals surface area contributed by atoms with Crippen LogP contribution in [0.3, 0.4) is 0 Å². The second-order valence-electron chi connectivity index (χ2n) is 14.7. The Labute approximate surface area is 209 Å². The van der Waals surface area contributed by atoms with Crippen LogP contribution in [0.25, 0.3) is 0 Å². The van der Waals surface area contributed by atoms with Crippen molar-refractivity contribution >= 4 is 0 Å². The summed E-state index contributed by atoms with van der Waals surface area (Å²) >= 11 is 0. The molecule has 0 bridgehead atoms. The van der Waals surface area contributed by atoms with Crippen LogP contribution in [0.2, 0.25) is 0 Å². The first-order chi connectivity index (χ1) is 15.6. The summed E-state index contributed by atoms with van der Waals surface area (Å²) in [6.07, 6.45) is 10.5. The molecule has 4 nitrogen and oxygen atoms in total. The number of rotatable bonds is 8. The number of fused-ring (bicyclic) bond motifs is 3. The van der Waals surface area contributed by atoms with E-state index in [0.717, 1.165) is 19.3 Å². The van der Waals surface area contributed by atoms with E-state index < -0.39 is 11.7 Å². The van der Waals surface area contributed by atoms with Crippen LogP contribution in [0.1, 0.15) is 120 Å². The molecule has 4 fully saturated rings. The highest BCUT2D eigenvalue weighted by atomic mass is 16.6. The predicted molar refractivity (Wildman–Crippen MR) is 137 cm³/mol. The van der Waals surface area contributed by atoms with Gasteiger partial charge < -0.3 is 20.1 Å². The van der Waals surface area contributed by atoms with Crippen LogP contribution < -0.4 is 0 Å². The molecule has 1 spiro atoms. The summed E-state index contributed by atoms with van der Waals surface area (Å²) in [5.41, 5.74) is -0.133. The van der Waals surface area contributed by atoms with E-state index in [1.807, 2.05) is 0 Å². The lowest BCUT2D eigenvalue weighted by Crippen LogP contribution is -2.61. The lowest BCUT2D eigenvalue weighted by molar-refractivity contribution is -0.173. The zero-order valence-electron chi connectivity index (χ0n) is 23.4. The minimum absolute atomic E-state index is 0.00998. The molecule has 0 aromatic rings. The highest BCUT2D eigenvalue weighted by molar-refractivity contribution is 5.24. The maximum Gasteiger partial charge on any atom is 0.101 e. The molecule has 4 rings (SSSR count). The predicted octanol–water partition coefficient (Wildman–Crippen LogP) is 6.10. The summed E-state index contributed by atoms with van der Waals surface area (Å²) in [5, 5.41) is 30.3. The molecule has 0 radical (unpaired) electrons. The number of hydrogen-bond acceptors (Lipinski definition) is 4. The van der Waals surface area contributed by atoms with Crippen molar-refractivity contribution in [1.82, 2.24) is 0 Å². The standard InChI is InChI=1S/C30H54O4/c1-20(11-12-24(32)25(2,3)33)21-13-15-29(8)22-14-16-30(26(4,5)34-30)23(10-9-19-31)27(22,6)17-18-28(21,29)7/h20-24,31-33H,9-19H2,1-8H3/t20-,21-,22-,23-,24+,27+,28-,29+,30-/m0/s1. The quantitative estimate of drug-likeness (QED) is 0.368. The van der Waals surface area contributed by atoms with Crippen LogP contribution in [0.5, 0.6) is 0 Å². The van der Waals surface area contributed by atoms with Gasteiger partial charge in [0.05, 0.1) is 17.3 Å². The van der Waals surface area contributed by atoms with E-state index in [9.17, 15) is 15.3 Å². The normalized spacial score (nSPS) is 47.2. The summed E-state index contributed by atoms with van der Waals surface area (Å²) in [6.45, 7) is 18.5. The van der Waals surface area contributed by atoms with Crippen LogP contribution in [-0.4, -0.2) is 44.8 Å². The average Bonchev–Trinajstić information content (AvgIpc) is 3.15. The fraction of sp³-hybridized carbons (Fsp3) is 1.00. The molecule has 1 saturated heterocycles. The maximum atomic E-state index is 10.4. The van der Waals surface area contributed by atoms with Crippen molar-refractivity contribution in [3.8, 4) is 0 Å². The summed E-state index contributed by atoms with van der Waals surface area (Å²) in [5.74, 6) is 2.46. The Morgan fingerprint density at radius 2 is 1.59 bits per heavy atom. The molecule has 0 aromatic carbocycles. The average molecular weight is 479 g/mol. The van der Waals surface area contributed by atoms with Gasteiger partial charge in [0.15, 0.2) is 0 Å². The van der Waals surface area contributed by atoms with E-state index >= 15 is 0 Å². The van der Waals surface area contributed by atoms with Gasteiger partial charge in [0.25, 0.3) is 0 Å². The van der Waals surface area contributed by atoms with E-state index in [0.29, 0.717) is 40.9 Å². The van der Waals surface area contributed by atoms with Crippen molar-refractivity contribution in [2.75, 3.05) is 6.61 Å². The number of aliphatic hydroxyl groups excluding tert-OH is 2. The first kappa shape index (κ1) is 26.9. The van der Waals surface area contributed by atoms with Gasteiger partial charge in [0.1, 0.15) is 5.60 Å². The molecule has 3 saturated carbocycles. The zero-order valence-corrected chi connectivity index (χ0v) is 23.4. The molecule has 3 aliphatic carbocycles. The molecule has 0 amide bonds. The largest absolute Gasteiger partial charge is 0.396 e. The first-order valence-corrected chi connectivity index (χ1v) is 14.3. The molecular formula is C30H54O4. The van der Waals surface area contributed by atoms with Gasteiger partial charge in [0, 0.05) is 6.61 Å². The molecule has 1 heterocycles. The van der Waals surface area contributed by atoms with Crippen LogP contribution in [-0.2, 0) is 4.74 Å². The number of epoxide rings is 1. The molecule has 0 aromatic heterocycles. The lowest BCUT2D eigenvalue weighted by atomic mass is 9.39.